The third-order valence-corrected chi connectivity index (χ3v) is 4.34. The number of ketones is 1. The lowest BCUT2D eigenvalue weighted by Gasteiger charge is -2.22. The molecule has 1 aromatic carbocycles. The van der Waals surface area contributed by atoms with Crippen LogP contribution in [-0.2, 0) is 6.54 Å². The molecule has 1 aromatic heterocycles. The molecule has 0 N–H and O–H groups in total. The molecule has 1 aliphatic carbocycles. The fourth-order valence-electron chi connectivity index (χ4n) is 3.08. The Kier molecular flexibility index (Phi) is 4.29. The summed E-state index contributed by atoms with van der Waals surface area (Å²) in [6.07, 6.45) is 7.85. The van der Waals surface area contributed by atoms with Crippen LogP contribution in [0.3, 0.4) is 0 Å². The fraction of sp³-hybridized carbons (Fsp3) is 0.412. The van der Waals surface area contributed by atoms with Crippen molar-refractivity contribution in [3.63, 3.8) is 0 Å². The van der Waals surface area contributed by atoms with Crippen LogP contribution in [0, 0.1) is 11.3 Å². The van der Waals surface area contributed by atoms with Gasteiger partial charge in [-0.15, -0.1) is 10.2 Å². The van der Waals surface area contributed by atoms with Crippen LogP contribution in [-0.4, -0.2) is 20.5 Å². The van der Waals surface area contributed by atoms with Crippen LogP contribution >= 0.6 is 0 Å². The standard InChI is InChI=1S/C17H18N4O/c18-10-17-20-19-12-21(17)11-16(22)15-8-6-14(7-9-15)13-4-2-1-3-5-13/h6-9,12-13H,1-5,11H2. The molecule has 0 spiro atoms. The van der Waals surface area contributed by atoms with Crippen molar-refractivity contribution in [3.8, 4) is 6.07 Å². The maximum atomic E-state index is 12.3. The summed E-state index contributed by atoms with van der Waals surface area (Å²) in [7, 11) is 0. The van der Waals surface area contributed by atoms with E-state index in [1.165, 1.54) is 48.6 Å². The Hall–Kier alpha value is -2.48. The summed E-state index contributed by atoms with van der Waals surface area (Å²) in [5.41, 5.74) is 2.00. The molecule has 22 heavy (non-hydrogen) atoms. The first-order valence-corrected chi connectivity index (χ1v) is 7.69. The van der Waals surface area contributed by atoms with Crippen molar-refractivity contribution >= 4 is 5.78 Å². The van der Waals surface area contributed by atoms with Gasteiger partial charge in [0, 0.05) is 5.56 Å². The van der Waals surface area contributed by atoms with Crippen LogP contribution in [0.1, 0.15) is 59.8 Å². The minimum Gasteiger partial charge on any atom is -0.297 e. The zero-order valence-electron chi connectivity index (χ0n) is 12.4. The van der Waals surface area contributed by atoms with E-state index in [0.29, 0.717) is 11.5 Å². The zero-order valence-corrected chi connectivity index (χ0v) is 12.4. The number of rotatable bonds is 4. The molecular formula is C17H18N4O. The average Bonchev–Trinajstić information content (AvgIpc) is 3.03. The SMILES string of the molecule is N#Cc1nncn1CC(=O)c1ccc(C2CCCCC2)cc1. The summed E-state index contributed by atoms with van der Waals surface area (Å²) in [5.74, 6) is 0.764. The molecule has 0 amide bonds. The third-order valence-electron chi connectivity index (χ3n) is 4.34. The lowest BCUT2D eigenvalue weighted by Crippen LogP contribution is -2.12. The summed E-state index contributed by atoms with van der Waals surface area (Å²) < 4.78 is 1.47. The van der Waals surface area contributed by atoms with E-state index < -0.39 is 0 Å². The van der Waals surface area contributed by atoms with Crippen LogP contribution in [0.25, 0.3) is 0 Å². The van der Waals surface area contributed by atoms with Gasteiger partial charge in [0.25, 0.3) is 0 Å². The first-order valence-electron chi connectivity index (χ1n) is 7.69. The van der Waals surface area contributed by atoms with Gasteiger partial charge in [-0.05, 0) is 24.3 Å². The van der Waals surface area contributed by atoms with E-state index in [4.69, 9.17) is 5.26 Å². The summed E-state index contributed by atoms with van der Waals surface area (Å²) in [5, 5.41) is 16.2. The highest BCUT2D eigenvalue weighted by Gasteiger charge is 2.16. The van der Waals surface area contributed by atoms with E-state index >= 15 is 0 Å². The van der Waals surface area contributed by atoms with Crippen molar-refractivity contribution in [2.75, 3.05) is 0 Å². The van der Waals surface area contributed by atoms with E-state index in [9.17, 15) is 4.79 Å². The van der Waals surface area contributed by atoms with E-state index in [1.807, 2.05) is 18.2 Å². The van der Waals surface area contributed by atoms with E-state index in [-0.39, 0.29) is 18.2 Å². The number of hydrogen-bond acceptors (Lipinski definition) is 4. The second-order valence-electron chi connectivity index (χ2n) is 5.77. The van der Waals surface area contributed by atoms with Gasteiger partial charge in [-0.1, -0.05) is 43.5 Å². The molecule has 1 fully saturated rings. The smallest absolute Gasteiger partial charge is 0.235 e. The van der Waals surface area contributed by atoms with Crippen LogP contribution in [0.5, 0.6) is 0 Å². The Labute approximate surface area is 129 Å². The Morgan fingerprint density at radius 1 is 1.23 bits per heavy atom. The Morgan fingerprint density at radius 3 is 2.64 bits per heavy atom. The quantitative estimate of drug-likeness (QED) is 0.812. The van der Waals surface area contributed by atoms with Gasteiger partial charge in [-0.25, -0.2) is 0 Å². The molecule has 0 saturated heterocycles. The number of Topliss-reactive ketones (excluding diaryl/α,β-unsaturated/α-hetero) is 1. The average molecular weight is 294 g/mol. The normalized spacial score (nSPS) is 15.4. The van der Waals surface area contributed by atoms with Crippen molar-refractivity contribution in [1.82, 2.24) is 14.8 Å². The van der Waals surface area contributed by atoms with E-state index in [2.05, 4.69) is 22.3 Å². The van der Waals surface area contributed by atoms with Gasteiger partial charge in [0.05, 0.1) is 6.54 Å². The molecule has 5 heteroatoms. The lowest BCUT2D eigenvalue weighted by atomic mass is 9.84. The molecule has 1 saturated carbocycles. The highest BCUT2D eigenvalue weighted by atomic mass is 16.1. The second-order valence-corrected chi connectivity index (χ2v) is 5.77. The summed E-state index contributed by atoms with van der Waals surface area (Å²) in [4.78, 5) is 12.3. The van der Waals surface area contributed by atoms with Gasteiger partial charge >= 0.3 is 0 Å². The summed E-state index contributed by atoms with van der Waals surface area (Å²) in [6.45, 7) is 0.0959. The van der Waals surface area contributed by atoms with Gasteiger partial charge in [0.2, 0.25) is 5.82 Å². The molecule has 3 rings (SSSR count). The van der Waals surface area contributed by atoms with Gasteiger partial charge < -0.3 is 0 Å². The van der Waals surface area contributed by atoms with Crippen LogP contribution in [0.4, 0.5) is 0 Å². The van der Waals surface area contributed by atoms with Crippen molar-refractivity contribution in [1.29, 1.82) is 5.26 Å². The third kappa shape index (κ3) is 3.06. The first kappa shape index (κ1) is 14.5. The number of nitrogens with zero attached hydrogens (tertiary/aromatic N) is 4. The minimum absolute atomic E-state index is 0.0357. The number of carbonyl (C=O) groups excluding carboxylic acids is 1. The summed E-state index contributed by atoms with van der Waals surface area (Å²) >= 11 is 0. The van der Waals surface area contributed by atoms with E-state index in [0.717, 1.165) is 0 Å². The van der Waals surface area contributed by atoms with Crippen molar-refractivity contribution < 1.29 is 4.79 Å². The van der Waals surface area contributed by atoms with Crippen molar-refractivity contribution in [2.24, 2.45) is 0 Å². The number of aromatic nitrogens is 3. The number of carbonyl (C=O) groups is 1. The summed E-state index contributed by atoms with van der Waals surface area (Å²) in [6, 6.07) is 9.84. The molecule has 1 heterocycles. The number of benzene rings is 1. The molecule has 0 radical (unpaired) electrons. The van der Waals surface area contributed by atoms with Crippen LogP contribution < -0.4 is 0 Å². The largest absolute Gasteiger partial charge is 0.297 e. The number of hydrogen-bond donors (Lipinski definition) is 0. The Morgan fingerprint density at radius 2 is 1.95 bits per heavy atom. The molecule has 2 aromatic rings. The van der Waals surface area contributed by atoms with Gasteiger partial charge in [0.15, 0.2) is 5.78 Å². The van der Waals surface area contributed by atoms with Gasteiger partial charge in [-0.3, -0.25) is 9.36 Å². The first-order chi connectivity index (χ1) is 10.8. The van der Waals surface area contributed by atoms with Gasteiger partial charge in [0.1, 0.15) is 12.4 Å². The number of nitriles is 1. The maximum absolute atomic E-state index is 12.3. The van der Waals surface area contributed by atoms with Crippen molar-refractivity contribution in [2.45, 2.75) is 44.6 Å². The molecule has 112 valence electrons. The van der Waals surface area contributed by atoms with Crippen LogP contribution in [0.15, 0.2) is 30.6 Å². The lowest BCUT2D eigenvalue weighted by molar-refractivity contribution is 0.0971. The van der Waals surface area contributed by atoms with Crippen LogP contribution in [0.2, 0.25) is 0 Å². The van der Waals surface area contributed by atoms with E-state index in [1.54, 1.807) is 0 Å². The highest BCUT2D eigenvalue weighted by molar-refractivity contribution is 5.96. The topological polar surface area (TPSA) is 71.6 Å². The predicted molar refractivity (Wildman–Crippen MR) is 81.3 cm³/mol. The molecule has 0 unspecified atom stereocenters. The Balaban J connectivity index is 1.69. The Bertz CT molecular complexity index is 690. The molecular weight excluding hydrogens is 276 g/mol. The molecule has 0 atom stereocenters. The second kappa shape index (κ2) is 6.52. The minimum atomic E-state index is -0.0357. The molecule has 0 aliphatic heterocycles. The highest BCUT2D eigenvalue weighted by Crippen LogP contribution is 2.32. The zero-order chi connectivity index (χ0) is 15.4. The predicted octanol–water partition coefficient (Wildman–Crippen LogP) is 3.08. The fourth-order valence-corrected chi connectivity index (χ4v) is 3.08. The maximum Gasteiger partial charge on any atom is 0.235 e. The molecule has 5 nitrogen and oxygen atoms in total. The van der Waals surface area contributed by atoms with Crippen molar-refractivity contribution in [3.05, 3.63) is 47.5 Å². The molecule has 1 aliphatic rings. The molecule has 0 bridgehead atoms. The van der Waals surface area contributed by atoms with Gasteiger partial charge in [-0.2, -0.15) is 5.26 Å². The monoisotopic (exact) mass is 294 g/mol.